The van der Waals surface area contributed by atoms with E-state index in [-0.39, 0.29) is 5.78 Å². The maximum atomic E-state index is 12.0. The summed E-state index contributed by atoms with van der Waals surface area (Å²) in [5.41, 5.74) is 14.1. The second kappa shape index (κ2) is 6.98. The third-order valence-corrected chi connectivity index (χ3v) is 3.30. The van der Waals surface area contributed by atoms with Gasteiger partial charge in [-0.2, -0.15) is 0 Å². The van der Waals surface area contributed by atoms with Crippen molar-refractivity contribution in [1.29, 1.82) is 0 Å². The van der Waals surface area contributed by atoms with E-state index in [1.165, 1.54) is 5.56 Å². The lowest BCUT2D eigenvalue weighted by molar-refractivity contribution is -0.119. The van der Waals surface area contributed by atoms with Gasteiger partial charge < -0.3 is 16.0 Å². The molecule has 0 fully saturated rings. The molecule has 5 nitrogen and oxygen atoms in total. The van der Waals surface area contributed by atoms with Crippen molar-refractivity contribution < 1.29 is 4.79 Å². The van der Waals surface area contributed by atoms with Crippen molar-refractivity contribution in [3.63, 3.8) is 0 Å². The first-order chi connectivity index (χ1) is 9.74. The third kappa shape index (κ3) is 3.53. The van der Waals surface area contributed by atoms with Gasteiger partial charge in [0, 0.05) is 19.5 Å². The maximum Gasteiger partial charge on any atom is 0.152 e. The molecule has 0 saturated carbocycles. The lowest BCUT2D eigenvalue weighted by Gasteiger charge is -2.07. The molecule has 1 heterocycles. The predicted octanol–water partition coefficient (Wildman–Crippen LogP) is 1.00. The van der Waals surface area contributed by atoms with Crippen LogP contribution in [0, 0.1) is 0 Å². The summed E-state index contributed by atoms with van der Waals surface area (Å²) in [6.45, 7) is 1.00. The fourth-order valence-corrected chi connectivity index (χ4v) is 2.19. The Bertz CT molecular complexity index is 563. The summed E-state index contributed by atoms with van der Waals surface area (Å²) in [6, 6.07) is 9.99. The first-order valence-corrected chi connectivity index (χ1v) is 6.73. The Morgan fingerprint density at radius 1 is 1.15 bits per heavy atom. The number of nitrogens with zero attached hydrogens (tertiary/aromatic N) is 2. The molecule has 1 aromatic heterocycles. The van der Waals surface area contributed by atoms with Crippen LogP contribution in [0.3, 0.4) is 0 Å². The second-order valence-electron chi connectivity index (χ2n) is 4.70. The lowest BCUT2D eigenvalue weighted by Crippen LogP contribution is -2.16. The molecule has 0 bridgehead atoms. The van der Waals surface area contributed by atoms with Crippen LogP contribution in [0.4, 0.5) is 0 Å². The molecule has 0 aliphatic rings. The van der Waals surface area contributed by atoms with E-state index >= 15 is 0 Å². The molecule has 0 aliphatic heterocycles. The Hall–Kier alpha value is -1.98. The Morgan fingerprint density at radius 3 is 2.55 bits per heavy atom. The molecule has 0 aliphatic carbocycles. The smallest absolute Gasteiger partial charge is 0.152 e. The van der Waals surface area contributed by atoms with E-state index in [0.29, 0.717) is 26.1 Å². The van der Waals surface area contributed by atoms with Gasteiger partial charge in [-0.1, -0.05) is 30.3 Å². The highest BCUT2D eigenvalue weighted by atomic mass is 16.1. The zero-order chi connectivity index (χ0) is 14.4. The van der Waals surface area contributed by atoms with Crippen LogP contribution in [-0.4, -0.2) is 15.3 Å². The zero-order valence-electron chi connectivity index (χ0n) is 11.5. The number of ketones is 1. The minimum atomic E-state index is 0.171. The van der Waals surface area contributed by atoms with E-state index in [1.54, 1.807) is 10.9 Å². The predicted molar refractivity (Wildman–Crippen MR) is 77.8 cm³/mol. The van der Waals surface area contributed by atoms with Crippen LogP contribution in [0.2, 0.25) is 0 Å². The SMILES string of the molecule is NCc1ncn(CC(=O)CCc2ccccc2)c1CN. The molecule has 0 saturated heterocycles. The van der Waals surface area contributed by atoms with E-state index in [4.69, 9.17) is 11.5 Å². The van der Waals surface area contributed by atoms with Gasteiger partial charge in [-0.3, -0.25) is 4.79 Å². The number of aryl methyl sites for hydroxylation is 1. The average Bonchev–Trinajstić information content (AvgIpc) is 2.88. The summed E-state index contributed by atoms with van der Waals surface area (Å²) in [4.78, 5) is 16.2. The molecule has 1 aromatic carbocycles. The molecule has 4 N–H and O–H groups in total. The molecule has 106 valence electrons. The van der Waals surface area contributed by atoms with Crippen LogP contribution in [0.25, 0.3) is 0 Å². The van der Waals surface area contributed by atoms with Gasteiger partial charge in [-0.05, 0) is 12.0 Å². The molecule has 0 spiro atoms. The van der Waals surface area contributed by atoms with Gasteiger partial charge in [0.05, 0.1) is 24.3 Å². The quantitative estimate of drug-likeness (QED) is 0.787. The van der Waals surface area contributed by atoms with E-state index in [1.807, 2.05) is 30.3 Å². The van der Waals surface area contributed by atoms with Crippen molar-refractivity contribution in [2.75, 3.05) is 0 Å². The summed E-state index contributed by atoms with van der Waals surface area (Å²) in [7, 11) is 0. The Morgan fingerprint density at radius 2 is 1.90 bits per heavy atom. The summed E-state index contributed by atoms with van der Waals surface area (Å²) in [5.74, 6) is 0.171. The first kappa shape index (κ1) is 14.4. The minimum absolute atomic E-state index is 0.171. The number of hydrogen-bond donors (Lipinski definition) is 2. The molecule has 5 heteroatoms. The lowest BCUT2D eigenvalue weighted by atomic mass is 10.1. The molecule has 20 heavy (non-hydrogen) atoms. The highest BCUT2D eigenvalue weighted by Crippen LogP contribution is 2.08. The van der Waals surface area contributed by atoms with Crippen molar-refractivity contribution >= 4 is 5.78 Å². The maximum absolute atomic E-state index is 12.0. The van der Waals surface area contributed by atoms with Crippen LogP contribution in [0.15, 0.2) is 36.7 Å². The number of hydrogen-bond acceptors (Lipinski definition) is 4. The second-order valence-corrected chi connectivity index (χ2v) is 4.70. The summed E-state index contributed by atoms with van der Waals surface area (Å²) >= 11 is 0. The molecule has 0 radical (unpaired) electrons. The van der Waals surface area contributed by atoms with E-state index < -0.39 is 0 Å². The monoisotopic (exact) mass is 272 g/mol. The van der Waals surface area contributed by atoms with Crippen molar-refractivity contribution in [2.24, 2.45) is 11.5 Å². The van der Waals surface area contributed by atoms with Crippen LogP contribution in [0.5, 0.6) is 0 Å². The van der Waals surface area contributed by atoms with Gasteiger partial charge in [0.15, 0.2) is 5.78 Å². The van der Waals surface area contributed by atoms with E-state index in [9.17, 15) is 4.79 Å². The number of aromatic nitrogens is 2. The van der Waals surface area contributed by atoms with Crippen LogP contribution in [0.1, 0.15) is 23.4 Å². The number of nitrogens with two attached hydrogens (primary N) is 2. The zero-order valence-corrected chi connectivity index (χ0v) is 11.5. The number of rotatable bonds is 7. The molecular weight excluding hydrogens is 252 g/mol. The van der Waals surface area contributed by atoms with E-state index in [2.05, 4.69) is 4.98 Å². The molecule has 0 amide bonds. The Kier molecular flexibility index (Phi) is 5.03. The molecular formula is C15H20N4O. The normalized spacial score (nSPS) is 10.7. The topological polar surface area (TPSA) is 86.9 Å². The third-order valence-electron chi connectivity index (χ3n) is 3.30. The first-order valence-electron chi connectivity index (χ1n) is 6.73. The molecule has 2 aromatic rings. The van der Waals surface area contributed by atoms with Crippen molar-refractivity contribution in [1.82, 2.24) is 9.55 Å². The number of carbonyl (C=O) groups excluding carboxylic acids is 1. The van der Waals surface area contributed by atoms with Crippen LogP contribution >= 0.6 is 0 Å². The minimum Gasteiger partial charge on any atom is -0.326 e. The van der Waals surface area contributed by atoms with Crippen molar-refractivity contribution in [2.45, 2.75) is 32.5 Å². The van der Waals surface area contributed by atoms with Gasteiger partial charge in [0.2, 0.25) is 0 Å². The largest absolute Gasteiger partial charge is 0.326 e. The fraction of sp³-hybridized carbons (Fsp3) is 0.333. The highest BCUT2D eigenvalue weighted by Gasteiger charge is 2.11. The van der Waals surface area contributed by atoms with E-state index in [0.717, 1.165) is 17.8 Å². The highest BCUT2D eigenvalue weighted by molar-refractivity contribution is 5.78. The van der Waals surface area contributed by atoms with Gasteiger partial charge in [0.25, 0.3) is 0 Å². The van der Waals surface area contributed by atoms with Crippen molar-refractivity contribution in [3.8, 4) is 0 Å². The Labute approximate surface area is 118 Å². The van der Waals surface area contributed by atoms with Gasteiger partial charge >= 0.3 is 0 Å². The Balaban J connectivity index is 1.93. The van der Waals surface area contributed by atoms with Gasteiger partial charge in [0.1, 0.15) is 0 Å². The molecule has 0 atom stereocenters. The molecule has 2 rings (SSSR count). The summed E-state index contributed by atoms with van der Waals surface area (Å²) in [5, 5.41) is 0. The summed E-state index contributed by atoms with van der Waals surface area (Å²) in [6.07, 6.45) is 2.92. The fourth-order valence-electron chi connectivity index (χ4n) is 2.19. The standard InChI is InChI=1S/C15H20N4O/c16-8-14-15(9-17)19(11-18-14)10-13(20)7-6-12-4-2-1-3-5-12/h1-5,11H,6-10,16-17H2. The number of carbonyl (C=O) groups is 1. The number of imidazole rings is 1. The number of benzene rings is 1. The average molecular weight is 272 g/mol. The van der Waals surface area contributed by atoms with Crippen molar-refractivity contribution in [3.05, 3.63) is 53.6 Å². The molecule has 0 unspecified atom stereocenters. The number of Topliss-reactive ketones (excluding diaryl/α,β-unsaturated/α-hetero) is 1. The van der Waals surface area contributed by atoms with Crippen LogP contribution in [-0.2, 0) is 30.8 Å². The van der Waals surface area contributed by atoms with Crippen LogP contribution < -0.4 is 11.5 Å². The van der Waals surface area contributed by atoms with Gasteiger partial charge in [-0.15, -0.1) is 0 Å². The summed E-state index contributed by atoms with van der Waals surface area (Å²) < 4.78 is 1.80. The van der Waals surface area contributed by atoms with Gasteiger partial charge in [-0.25, -0.2) is 4.98 Å².